The number of aromatic nitrogens is 5. The lowest BCUT2D eigenvalue weighted by Crippen LogP contribution is -2.37. The fourth-order valence-corrected chi connectivity index (χ4v) is 7.44. The van der Waals surface area contributed by atoms with E-state index in [9.17, 15) is 0 Å². The molecule has 0 fully saturated rings. The molecule has 0 unspecified atom stereocenters. The first-order valence-corrected chi connectivity index (χ1v) is 17.8. The Morgan fingerprint density at radius 3 is 2.48 bits per heavy atom. The zero-order chi connectivity index (χ0) is 33.9. The molecule has 4 aromatic carbocycles. The minimum Gasteiger partial charge on any atom is -0.399 e. The number of nitrogen functional groups attached to an aromatic ring is 2. The Balaban J connectivity index is 0.899. The molecule has 5 N–H and O–H groups in total. The summed E-state index contributed by atoms with van der Waals surface area (Å²) in [6.45, 7) is 2.41. The number of nitrogens with two attached hydrogens (primary N) is 2. The van der Waals surface area contributed by atoms with Crippen LogP contribution in [0, 0.1) is 0 Å². The van der Waals surface area contributed by atoms with Crippen LogP contribution in [-0.2, 0) is 25.9 Å². The van der Waals surface area contributed by atoms with E-state index in [1.54, 1.807) is 0 Å². The van der Waals surface area contributed by atoms with Crippen LogP contribution >= 0.6 is 0 Å². The van der Waals surface area contributed by atoms with Crippen LogP contribution in [0.3, 0.4) is 0 Å². The summed E-state index contributed by atoms with van der Waals surface area (Å²) >= 11 is 0. The maximum absolute atomic E-state index is 6.34. The number of anilines is 3. The number of allylic oxidation sites excluding steroid dienone is 1. The third kappa shape index (κ3) is 6.36. The van der Waals surface area contributed by atoms with Crippen LogP contribution < -0.4 is 21.4 Å². The molecule has 0 radical (unpaired) electrons. The first kappa shape index (κ1) is 31.5. The fourth-order valence-electron chi connectivity index (χ4n) is 7.44. The molecular weight excluding hydrogens is 617 g/mol. The average Bonchev–Trinajstić information content (AvgIpc) is 3.60. The topological polar surface area (TPSA) is 112 Å². The molecule has 3 aromatic heterocycles. The number of benzene rings is 4. The number of aryl methyl sites for hydroxylation is 3. The molecule has 3 heterocycles. The number of para-hydroxylation sites is 1. The van der Waals surface area contributed by atoms with E-state index in [1.807, 2.05) is 16.8 Å². The van der Waals surface area contributed by atoms with Crippen LogP contribution in [0.5, 0.6) is 0 Å². The smallest absolute Gasteiger partial charge is 0.220 e. The van der Waals surface area contributed by atoms with Gasteiger partial charge < -0.3 is 16.8 Å². The summed E-state index contributed by atoms with van der Waals surface area (Å²) in [6.07, 6.45) is 13.9. The van der Waals surface area contributed by atoms with Gasteiger partial charge in [0.05, 0.1) is 39.9 Å². The molecule has 0 saturated carbocycles. The Morgan fingerprint density at radius 1 is 0.780 bits per heavy atom. The molecule has 1 aliphatic rings. The second-order valence-corrected chi connectivity index (χ2v) is 13.3. The molecule has 0 bridgehead atoms. The van der Waals surface area contributed by atoms with Crippen LogP contribution in [0.15, 0.2) is 103 Å². The monoisotopic (exact) mass is 659 g/mol. The van der Waals surface area contributed by atoms with Crippen molar-refractivity contribution in [2.45, 2.75) is 58.0 Å². The summed E-state index contributed by atoms with van der Waals surface area (Å²) in [5.74, 6) is 0. The Kier molecular flexibility index (Phi) is 8.82. The van der Waals surface area contributed by atoms with Crippen molar-refractivity contribution in [1.29, 1.82) is 0 Å². The second kappa shape index (κ2) is 14.0. The summed E-state index contributed by atoms with van der Waals surface area (Å²) < 4.78 is 4.41. The molecule has 250 valence electrons. The van der Waals surface area contributed by atoms with Gasteiger partial charge in [0, 0.05) is 58.5 Å². The molecule has 0 atom stereocenters. The Hall–Kier alpha value is -5.76. The molecular formula is C42H43N8+. The van der Waals surface area contributed by atoms with Gasteiger partial charge in [-0.15, -0.1) is 5.10 Å². The molecule has 50 heavy (non-hydrogen) atoms. The first-order chi connectivity index (χ1) is 24.6. The summed E-state index contributed by atoms with van der Waals surface area (Å²) in [5, 5.41) is 17.3. The van der Waals surface area contributed by atoms with Crippen molar-refractivity contribution in [2.75, 3.05) is 23.3 Å². The van der Waals surface area contributed by atoms with Crippen molar-refractivity contribution >= 4 is 55.7 Å². The second-order valence-electron chi connectivity index (χ2n) is 13.3. The highest BCUT2D eigenvalue weighted by Gasteiger charge is 2.23. The lowest BCUT2D eigenvalue weighted by molar-refractivity contribution is -0.659. The van der Waals surface area contributed by atoms with Gasteiger partial charge in [0.15, 0.2) is 0 Å². The predicted molar refractivity (Wildman–Crippen MR) is 206 cm³/mol. The minimum absolute atomic E-state index is 0.749. The number of rotatable bonds is 12. The number of nitrogens with zero attached hydrogens (tertiary/aromatic N) is 5. The maximum Gasteiger partial charge on any atom is 0.220 e. The Morgan fingerprint density at radius 2 is 1.58 bits per heavy atom. The SMILES string of the molecule is Nc1ccc2c(c1)c(-c1ccccc1)[n+](CCCCCCc1cn(CCNc3c4c(nc5ccccc35)CCC=C4)nn1)c1cc(N)ccc21. The molecule has 0 amide bonds. The van der Waals surface area contributed by atoms with E-state index in [0.29, 0.717) is 0 Å². The van der Waals surface area contributed by atoms with Crippen molar-refractivity contribution in [3.63, 3.8) is 0 Å². The highest BCUT2D eigenvalue weighted by molar-refractivity contribution is 6.10. The molecule has 0 aliphatic heterocycles. The van der Waals surface area contributed by atoms with Gasteiger partial charge in [0.1, 0.15) is 6.54 Å². The van der Waals surface area contributed by atoms with Crippen LogP contribution in [0.25, 0.3) is 49.9 Å². The number of unbranched alkanes of at least 4 members (excludes halogenated alkanes) is 3. The predicted octanol–water partition coefficient (Wildman–Crippen LogP) is 8.13. The summed E-state index contributed by atoms with van der Waals surface area (Å²) in [7, 11) is 0. The summed E-state index contributed by atoms with van der Waals surface area (Å²) in [5.41, 5.74) is 23.4. The van der Waals surface area contributed by atoms with Gasteiger partial charge in [-0.2, -0.15) is 4.57 Å². The number of hydrogen-bond acceptors (Lipinski definition) is 6. The van der Waals surface area contributed by atoms with E-state index in [2.05, 4.69) is 117 Å². The highest BCUT2D eigenvalue weighted by atomic mass is 15.4. The number of hydrogen-bond donors (Lipinski definition) is 3. The van der Waals surface area contributed by atoms with Crippen molar-refractivity contribution in [1.82, 2.24) is 20.0 Å². The lowest BCUT2D eigenvalue weighted by atomic mass is 9.98. The van der Waals surface area contributed by atoms with Gasteiger partial charge in [-0.3, -0.25) is 9.67 Å². The summed E-state index contributed by atoms with van der Waals surface area (Å²) in [6, 6.07) is 31.5. The largest absolute Gasteiger partial charge is 0.399 e. The Labute approximate surface area is 292 Å². The van der Waals surface area contributed by atoms with Crippen LogP contribution in [0.1, 0.15) is 49.1 Å². The third-order valence-electron chi connectivity index (χ3n) is 9.85. The van der Waals surface area contributed by atoms with Crippen molar-refractivity contribution in [3.8, 4) is 11.3 Å². The van der Waals surface area contributed by atoms with E-state index in [0.717, 1.165) is 103 Å². The molecule has 0 saturated heterocycles. The van der Waals surface area contributed by atoms with Gasteiger partial charge in [0.2, 0.25) is 11.2 Å². The fraction of sp³-hybridized carbons (Fsp3) is 0.238. The molecule has 8 heteroatoms. The van der Waals surface area contributed by atoms with Gasteiger partial charge in [-0.1, -0.05) is 66.3 Å². The van der Waals surface area contributed by atoms with Crippen LogP contribution in [0.4, 0.5) is 17.1 Å². The van der Waals surface area contributed by atoms with E-state index in [1.165, 1.54) is 39.0 Å². The molecule has 8 nitrogen and oxygen atoms in total. The lowest BCUT2D eigenvalue weighted by Gasteiger charge is -2.18. The van der Waals surface area contributed by atoms with E-state index in [-0.39, 0.29) is 0 Å². The van der Waals surface area contributed by atoms with Crippen molar-refractivity contribution in [3.05, 3.63) is 120 Å². The average molecular weight is 660 g/mol. The van der Waals surface area contributed by atoms with Crippen molar-refractivity contribution in [2.24, 2.45) is 0 Å². The van der Waals surface area contributed by atoms with Crippen LogP contribution in [0.2, 0.25) is 0 Å². The zero-order valence-electron chi connectivity index (χ0n) is 28.4. The Bertz CT molecular complexity index is 2340. The van der Waals surface area contributed by atoms with Gasteiger partial charge in [-0.05, 0) is 74.6 Å². The standard InChI is InChI=1S/C42H42N8/c43-30-19-21-33-34-22-20-31(44)27-40(34)50(42(37(33)26-30)29-12-4-3-5-13-29)24-11-2-1-6-14-32-28-49(48-47-32)25-23-45-41-35-15-7-9-17-38(35)46-39-18-10-8-16-36(39)41/h3-5,7-9,12-13,15-17,19-22,26-28,44H,1-2,6,10-11,14,18,23-25,43H2,(H,45,46)/p+1. The normalized spacial score (nSPS) is 12.6. The van der Waals surface area contributed by atoms with E-state index < -0.39 is 0 Å². The summed E-state index contributed by atoms with van der Waals surface area (Å²) in [4.78, 5) is 4.92. The maximum atomic E-state index is 6.34. The molecule has 0 spiro atoms. The molecule has 1 aliphatic carbocycles. The minimum atomic E-state index is 0.749. The quantitative estimate of drug-likeness (QED) is 0.0529. The third-order valence-corrected chi connectivity index (χ3v) is 9.85. The zero-order valence-corrected chi connectivity index (χ0v) is 28.4. The number of pyridine rings is 2. The van der Waals surface area contributed by atoms with Crippen LogP contribution in [-0.4, -0.2) is 26.5 Å². The van der Waals surface area contributed by atoms with Gasteiger partial charge in [0.25, 0.3) is 0 Å². The van der Waals surface area contributed by atoms with Gasteiger partial charge in [-0.25, -0.2) is 0 Å². The van der Waals surface area contributed by atoms with Gasteiger partial charge >= 0.3 is 0 Å². The number of fused-ring (bicyclic) bond motifs is 5. The van der Waals surface area contributed by atoms with E-state index in [4.69, 9.17) is 16.5 Å². The highest BCUT2D eigenvalue weighted by Crippen LogP contribution is 2.34. The first-order valence-electron chi connectivity index (χ1n) is 17.8. The number of nitrogens with one attached hydrogen (secondary N) is 1. The van der Waals surface area contributed by atoms with E-state index >= 15 is 0 Å². The molecule has 8 rings (SSSR count). The van der Waals surface area contributed by atoms with Crippen molar-refractivity contribution < 1.29 is 4.57 Å². The molecule has 7 aromatic rings.